The molecule has 2 aromatic carbocycles. The first-order valence-corrected chi connectivity index (χ1v) is 10.7. The van der Waals surface area contributed by atoms with Crippen LogP contribution >= 0.6 is 11.8 Å². The van der Waals surface area contributed by atoms with E-state index in [0.717, 1.165) is 35.2 Å². The number of benzene rings is 2. The van der Waals surface area contributed by atoms with Crippen LogP contribution in [-0.4, -0.2) is 31.1 Å². The fourth-order valence-corrected chi connectivity index (χ4v) is 3.73. The van der Waals surface area contributed by atoms with Crippen molar-refractivity contribution in [3.8, 4) is 5.75 Å². The summed E-state index contributed by atoms with van der Waals surface area (Å²) in [4.78, 5) is 4.67. The Morgan fingerprint density at radius 3 is 2.26 bits per heavy atom. The maximum atomic E-state index is 6.14. The van der Waals surface area contributed by atoms with Gasteiger partial charge in [-0.1, -0.05) is 50.6 Å². The molecule has 0 unspecified atom stereocenters. The maximum absolute atomic E-state index is 6.14. The molecular weight excluding hydrogens is 354 g/mol. The van der Waals surface area contributed by atoms with Crippen LogP contribution in [0.2, 0.25) is 0 Å². The Balaban J connectivity index is 1.95. The molecule has 5 heteroatoms. The molecule has 0 saturated carbocycles. The van der Waals surface area contributed by atoms with Gasteiger partial charge in [-0.15, -0.1) is 0 Å². The van der Waals surface area contributed by atoms with Gasteiger partial charge >= 0.3 is 0 Å². The first kappa shape index (κ1) is 21.5. The minimum atomic E-state index is 0.612. The predicted octanol–water partition coefficient (Wildman–Crippen LogP) is 5.28. The molecule has 4 nitrogen and oxygen atoms in total. The number of para-hydroxylation sites is 1. The summed E-state index contributed by atoms with van der Waals surface area (Å²) in [6, 6.07) is 13.9. The molecule has 4 N–H and O–H groups in total. The zero-order valence-corrected chi connectivity index (χ0v) is 17.4. The summed E-state index contributed by atoms with van der Waals surface area (Å²) < 4.78 is 6.14. The molecule has 2 aromatic rings. The Labute approximate surface area is 168 Å². The molecule has 0 aliphatic heterocycles. The normalized spacial score (nSPS) is 11.1. The third-order valence-corrected chi connectivity index (χ3v) is 5.50. The third kappa shape index (κ3) is 7.35. The molecular formula is C22H33N3OS. The summed E-state index contributed by atoms with van der Waals surface area (Å²) in [5.74, 6) is 0.920. The van der Waals surface area contributed by atoms with Gasteiger partial charge in [0.1, 0.15) is 12.4 Å². The van der Waals surface area contributed by atoms with E-state index in [-0.39, 0.29) is 0 Å². The van der Waals surface area contributed by atoms with Gasteiger partial charge in [0.25, 0.3) is 0 Å². The van der Waals surface area contributed by atoms with E-state index in [1.165, 1.54) is 25.7 Å². The quantitative estimate of drug-likeness (QED) is 0.485. The molecule has 0 fully saturated rings. The number of ether oxygens (including phenoxy) is 1. The summed E-state index contributed by atoms with van der Waals surface area (Å²) in [5, 5.41) is 0. The van der Waals surface area contributed by atoms with Gasteiger partial charge < -0.3 is 16.2 Å². The highest BCUT2D eigenvalue weighted by atomic mass is 32.2. The highest BCUT2D eigenvalue weighted by molar-refractivity contribution is 7.99. The van der Waals surface area contributed by atoms with Crippen molar-refractivity contribution in [3.63, 3.8) is 0 Å². The van der Waals surface area contributed by atoms with Gasteiger partial charge in [-0.25, -0.2) is 0 Å². The lowest BCUT2D eigenvalue weighted by molar-refractivity contribution is 0.202. The van der Waals surface area contributed by atoms with Crippen LogP contribution in [-0.2, 0) is 0 Å². The van der Waals surface area contributed by atoms with Crippen molar-refractivity contribution >= 4 is 23.1 Å². The van der Waals surface area contributed by atoms with Gasteiger partial charge in [0.15, 0.2) is 0 Å². The second-order valence-electron chi connectivity index (χ2n) is 6.74. The Bertz CT molecular complexity index is 685. The average Bonchev–Trinajstić information content (AvgIpc) is 2.67. The molecule has 0 radical (unpaired) electrons. The van der Waals surface area contributed by atoms with Crippen molar-refractivity contribution in [1.82, 2.24) is 4.90 Å². The van der Waals surface area contributed by atoms with Crippen LogP contribution in [0.3, 0.4) is 0 Å². The molecule has 0 amide bonds. The van der Waals surface area contributed by atoms with E-state index in [2.05, 4.69) is 24.8 Å². The number of nitrogens with zero attached hydrogens (tertiary/aromatic N) is 1. The van der Waals surface area contributed by atoms with Crippen LogP contribution in [0.15, 0.2) is 52.3 Å². The molecule has 148 valence electrons. The number of hydrogen-bond donors (Lipinski definition) is 2. The van der Waals surface area contributed by atoms with E-state index in [1.54, 1.807) is 11.8 Å². The number of anilines is 2. The second kappa shape index (κ2) is 11.8. The highest BCUT2D eigenvalue weighted by Crippen LogP contribution is 2.36. The van der Waals surface area contributed by atoms with E-state index in [9.17, 15) is 0 Å². The lowest BCUT2D eigenvalue weighted by atomic mass is 10.2. The molecule has 0 aromatic heterocycles. The van der Waals surface area contributed by atoms with Gasteiger partial charge in [0.2, 0.25) is 0 Å². The Kier molecular flexibility index (Phi) is 9.36. The van der Waals surface area contributed by atoms with Crippen LogP contribution in [0.1, 0.15) is 39.5 Å². The summed E-state index contributed by atoms with van der Waals surface area (Å²) in [6.45, 7) is 8.46. The van der Waals surface area contributed by atoms with Crippen molar-refractivity contribution in [3.05, 3.63) is 42.5 Å². The van der Waals surface area contributed by atoms with Crippen molar-refractivity contribution in [2.75, 3.05) is 37.7 Å². The first-order valence-electron chi connectivity index (χ1n) is 9.91. The van der Waals surface area contributed by atoms with Crippen LogP contribution in [0.25, 0.3) is 0 Å². The minimum Gasteiger partial charge on any atom is -0.491 e. The summed E-state index contributed by atoms with van der Waals surface area (Å²) >= 11 is 1.65. The smallest absolute Gasteiger partial charge is 0.133 e. The third-order valence-electron chi connectivity index (χ3n) is 4.46. The molecule has 0 bridgehead atoms. The molecule has 0 heterocycles. The van der Waals surface area contributed by atoms with Crippen molar-refractivity contribution in [2.24, 2.45) is 0 Å². The van der Waals surface area contributed by atoms with Crippen LogP contribution in [0, 0.1) is 0 Å². The highest BCUT2D eigenvalue weighted by Gasteiger charge is 2.08. The van der Waals surface area contributed by atoms with E-state index in [1.807, 2.05) is 36.4 Å². The standard InChI is InChI=1S/C22H33N3OS/c1-3-5-13-25(14-6-4-2)15-16-26-21-9-7-8-10-22(21)27-18-11-12-19(23)20(24)17-18/h7-12,17H,3-6,13-16,23-24H2,1-2H3. The van der Waals surface area contributed by atoms with Gasteiger partial charge in [-0.05, 0) is 56.3 Å². The number of unbranched alkanes of at least 4 members (excludes halogenated alkanes) is 2. The van der Waals surface area contributed by atoms with E-state index < -0.39 is 0 Å². The van der Waals surface area contributed by atoms with E-state index in [0.29, 0.717) is 18.0 Å². The van der Waals surface area contributed by atoms with Gasteiger partial charge in [0, 0.05) is 11.4 Å². The molecule has 0 spiro atoms. The zero-order chi connectivity index (χ0) is 19.5. The topological polar surface area (TPSA) is 64.5 Å². The predicted molar refractivity (Wildman–Crippen MR) is 118 cm³/mol. The van der Waals surface area contributed by atoms with Crippen LogP contribution < -0.4 is 16.2 Å². The molecule has 0 atom stereocenters. The van der Waals surface area contributed by atoms with Crippen molar-refractivity contribution in [1.29, 1.82) is 0 Å². The first-order chi connectivity index (χ1) is 13.1. The SMILES string of the molecule is CCCCN(CCCC)CCOc1ccccc1Sc1ccc(N)c(N)c1. The molecule has 0 aliphatic rings. The van der Waals surface area contributed by atoms with Gasteiger partial charge in [-0.2, -0.15) is 0 Å². The Morgan fingerprint density at radius 1 is 0.889 bits per heavy atom. The molecule has 2 rings (SSSR count). The monoisotopic (exact) mass is 387 g/mol. The largest absolute Gasteiger partial charge is 0.491 e. The molecule has 0 aliphatic carbocycles. The van der Waals surface area contributed by atoms with Crippen molar-refractivity contribution < 1.29 is 4.74 Å². The van der Waals surface area contributed by atoms with E-state index in [4.69, 9.17) is 16.2 Å². The fraction of sp³-hybridized carbons (Fsp3) is 0.455. The Hall–Kier alpha value is -1.85. The number of nitrogens with two attached hydrogens (primary N) is 2. The number of nitrogen functional groups attached to an aromatic ring is 2. The summed E-state index contributed by atoms with van der Waals surface area (Å²) in [7, 11) is 0. The molecule has 27 heavy (non-hydrogen) atoms. The second-order valence-corrected chi connectivity index (χ2v) is 7.85. The maximum Gasteiger partial charge on any atom is 0.133 e. The minimum absolute atomic E-state index is 0.612. The fourth-order valence-electron chi connectivity index (χ4n) is 2.78. The molecule has 0 saturated heterocycles. The average molecular weight is 388 g/mol. The van der Waals surface area contributed by atoms with Gasteiger partial charge in [-0.3, -0.25) is 4.90 Å². The number of hydrogen-bond acceptors (Lipinski definition) is 5. The summed E-state index contributed by atoms with van der Waals surface area (Å²) in [6.07, 6.45) is 4.95. The number of rotatable bonds is 12. The lowest BCUT2D eigenvalue weighted by Crippen LogP contribution is -2.30. The van der Waals surface area contributed by atoms with Gasteiger partial charge in [0.05, 0.1) is 16.3 Å². The lowest BCUT2D eigenvalue weighted by Gasteiger charge is -2.22. The van der Waals surface area contributed by atoms with E-state index >= 15 is 0 Å². The van der Waals surface area contributed by atoms with Crippen molar-refractivity contribution in [2.45, 2.75) is 49.3 Å². The zero-order valence-electron chi connectivity index (χ0n) is 16.6. The van der Waals surface area contributed by atoms with Crippen LogP contribution in [0.4, 0.5) is 11.4 Å². The van der Waals surface area contributed by atoms with Crippen LogP contribution in [0.5, 0.6) is 5.75 Å². The summed E-state index contributed by atoms with van der Waals surface area (Å²) in [5.41, 5.74) is 13.0. The Morgan fingerprint density at radius 2 is 1.59 bits per heavy atom.